The summed E-state index contributed by atoms with van der Waals surface area (Å²) in [6.07, 6.45) is 1.39. The van der Waals surface area contributed by atoms with Gasteiger partial charge in [0.05, 0.1) is 12.7 Å². The average Bonchev–Trinajstić information content (AvgIpc) is 2.86. The first-order chi connectivity index (χ1) is 9.15. The van der Waals surface area contributed by atoms with Gasteiger partial charge in [-0.1, -0.05) is 17.3 Å². The molecule has 100 valence electrons. The highest BCUT2D eigenvalue weighted by atomic mass is 16.4. The summed E-state index contributed by atoms with van der Waals surface area (Å²) in [5, 5.41) is 28.2. The number of aromatic hydroxyl groups is 1. The molecule has 0 fully saturated rings. The van der Waals surface area contributed by atoms with E-state index in [0.717, 1.165) is 5.56 Å². The molecule has 2 aromatic rings. The Hall–Kier alpha value is -2.41. The third-order valence-electron chi connectivity index (χ3n) is 2.54. The Morgan fingerprint density at radius 3 is 2.68 bits per heavy atom. The quantitative estimate of drug-likeness (QED) is 0.654. The van der Waals surface area contributed by atoms with Crippen LogP contribution in [0.4, 0.5) is 0 Å². The normalized spacial score (nSPS) is 10.5. The lowest BCUT2D eigenvalue weighted by Gasteiger charge is -2.04. The van der Waals surface area contributed by atoms with Gasteiger partial charge in [-0.2, -0.15) is 0 Å². The molecule has 0 amide bonds. The van der Waals surface area contributed by atoms with Crippen LogP contribution in [0.5, 0.6) is 5.75 Å². The summed E-state index contributed by atoms with van der Waals surface area (Å²) in [7, 11) is 0. The molecule has 2 rings (SSSR count). The standard InChI is InChI=1S/C12H14N4O3/c17-10-3-1-9(2-4-10)7-13-5-6-16-8-11(12(18)19)14-15-16/h1-4,8,13,17H,5-7H2,(H,18,19). The van der Waals surface area contributed by atoms with Gasteiger partial charge < -0.3 is 15.5 Å². The molecule has 19 heavy (non-hydrogen) atoms. The number of hydrogen-bond acceptors (Lipinski definition) is 5. The van der Waals surface area contributed by atoms with Crippen molar-refractivity contribution in [3.8, 4) is 5.75 Å². The maximum Gasteiger partial charge on any atom is 0.358 e. The molecule has 1 heterocycles. The molecule has 0 aliphatic carbocycles. The number of carboxylic acid groups (broad SMARTS) is 1. The second kappa shape index (κ2) is 5.96. The molecule has 0 bridgehead atoms. The van der Waals surface area contributed by atoms with E-state index >= 15 is 0 Å². The molecule has 7 nitrogen and oxygen atoms in total. The van der Waals surface area contributed by atoms with Gasteiger partial charge in [0.2, 0.25) is 0 Å². The molecule has 1 aromatic carbocycles. The lowest BCUT2D eigenvalue weighted by atomic mass is 10.2. The fourth-order valence-electron chi connectivity index (χ4n) is 1.55. The molecule has 1 aromatic heterocycles. The molecule has 0 aliphatic rings. The number of phenolic OH excluding ortho intramolecular Hbond substituents is 1. The predicted octanol–water partition coefficient (Wildman–Crippen LogP) is 0.472. The fraction of sp³-hybridized carbons (Fsp3) is 0.250. The van der Waals surface area contributed by atoms with Crippen molar-refractivity contribution < 1.29 is 15.0 Å². The lowest BCUT2D eigenvalue weighted by molar-refractivity contribution is 0.0690. The van der Waals surface area contributed by atoms with Gasteiger partial charge in [-0.05, 0) is 17.7 Å². The Bertz CT molecular complexity index is 550. The highest BCUT2D eigenvalue weighted by Gasteiger charge is 2.07. The van der Waals surface area contributed by atoms with E-state index in [1.807, 2.05) is 12.1 Å². The molecule has 7 heteroatoms. The van der Waals surface area contributed by atoms with Crippen molar-refractivity contribution in [2.75, 3.05) is 6.54 Å². The molecule has 0 radical (unpaired) electrons. The van der Waals surface area contributed by atoms with Crippen LogP contribution in [-0.4, -0.2) is 37.7 Å². The number of phenols is 1. The van der Waals surface area contributed by atoms with Crippen LogP contribution >= 0.6 is 0 Å². The first-order valence-corrected chi connectivity index (χ1v) is 5.77. The highest BCUT2D eigenvalue weighted by Crippen LogP contribution is 2.08. The third kappa shape index (κ3) is 3.78. The Labute approximate surface area is 109 Å². The van der Waals surface area contributed by atoms with Gasteiger partial charge >= 0.3 is 5.97 Å². The van der Waals surface area contributed by atoms with E-state index < -0.39 is 5.97 Å². The van der Waals surface area contributed by atoms with Gasteiger partial charge in [-0.25, -0.2) is 4.79 Å². The second-order valence-corrected chi connectivity index (χ2v) is 4.02. The van der Waals surface area contributed by atoms with Gasteiger partial charge in [-0.15, -0.1) is 5.10 Å². The van der Waals surface area contributed by atoms with Gasteiger partial charge in [-0.3, -0.25) is 4.68 Å². The van der Waals surface area contributed by atoms with Gasteiger partial charge in [0.1, 0.15) is 5.75 Å². The molecule has 3 N–H and O–H groups in total. The lowest BCUT2D eigenvalue weighted by Crippen LogP contribution is -2.19. The average molecular weight is 262 g/mol. The number of rotatable bonds is 6. The molecular formula is C12H14N4O3. The number of carbonyl (C=O) groups is 1. The van der Waals surface area contributed by atoms with Crippen LogP contribution in [0.3, 0.4) is 0 Å². The van der Waals surface area contributed by atoms with Gasteiger partial charge in [0.25, 0.3) is 0 Å². The monoisotopic (exact) mass is 262 g/mol. The Balaban J connectivity index is 1.74. The van der Waals surface area contributed by atoms with Crippen molar-refractivity contribution in [1.29, 1.82) is 0 Å². The number of aromatic carboxylic acids is 1. The van der Waals surface area contributed by atoms with E-state index in [0.29, 0.717) is 19.6 Å². The minimum Gasteiger partial charge on any atom is -0.508 e. The molecule has 0 aliphatic heterocycles. The second-order valence-electron chi connectivity index (χ2n) is 4.02. The largest absolute Gasteiger partial charge is 0.508 e. The van der Waals surface area contributed by atoms with E-state index in [9.17, 15) is 4.79 Å². The van der Waals surface area contributed by atoms with Gasteiger partial charge in [0, 0.05) is 13.1 Å². The zero-order valence-electron chi connectivity index (χ0n) is 10.2. The SMILES string of the molecule is O=C(O)c1cn(CCNCc2ccc(O)cc2)nn1. The molecule has 0 spiro atoms. The van der Waals surface area contributed by atoms with Crippen LogP contribution in [-0.2, 0) is 13.1 Å². The minimum atomic E-state index is -1.08. The van der Waals surface area contributed by atoms with Gasteiger partial charge in [0.15, 0.2) is 5.69 Å². The molecule has 0 atom stereocenters. The van der Waals surface area contributed by atoms with Crippen molar-refractivity contribution in [3.63, 3.8) is 0 Å². The zero-order valence-corrected chi connectivity index (χ0v) is 10.2. The summed E-state index contributed by atoms with van der Waals surface area (Å²) in [6.45, 7) is 1.85. The number of nitrogens with one attached hydrogen (secondary N) is 1. The Morgan fingerprint density at radius 2 is 2.05 bits per heavy atom. The maximum absolute atomic E-state index is 10.6. The summed E-state index contributed by atoms with van der Waals surface area (Å²) >= 11 is 0. The fourth-order valence-corrected chi connectivity index (χ4v) is 1.55. The van der Waals surface area contributed by atoms with Crippen molar-refractivity contribution in [3.05, 3.63) is 41.7 Å². The summed E-state index contributed by atoms with van der Waals surface area (Å²) in [4.78, 5) is 10.6. The topological polar surface area (TPSA) is 100 Å². The zero-order chi connectivity index (χ0) is 13.7. The van der Waals surface area contributed by atoms with Crippen LogP contribution < -0.4 is 5.32 Å². The van der Waals surface area contributed by atoms with E-state index in [4.69, 9.17) is 10.2 Å². The molecule has 0 unspecified atom stereocenters. The number of nitrogens with zero attached hydrogens (tertiary/aromatic N) is 3. The van der Waals surface area contributed by atoms with Crippen molar-refractivity contribution in [2.45, 2.75) is 13.1 Å². The summed E-state index contributed by atoms with van der Waals surface area (Å²) in [6, 6.07) is 6.93. The summed E-state index contributed by atoms with van der Waals surface area (Å²) in [5.74, 6) is -0.837. The van der Waals surface area contributed by atoms with E-state index in [-0.39, 0.29) is 11.4 Å². The number of aromatic nitrogens is 3. The number of benzene rings is 1. The Kier molecular flexibility index (Phi) is 4.09. The van der Waals surface area contributed by atoms with E-state index in [1.54, 1.807) is 12.1 Å². The predicted molar refractivity (Wildman–Crippen MR) is 66.8 cm³/mol. The van der Waals surface area contributed by atoms with Crippen molar-refractivity contribution >= 4 is 5.97 Å². The summed E-state index contributed by atoms with van der Waals surface area (Å²) in [5.41, 5.74) is 1.00. The number of hydrogen-bond donors (Lipinski definition) is 3. The molecule has 0 saturated carbocycles. The summed E-state index contributed by atoms with van der Waals surface area (Å²) < 4.78 is 1.48. The van der Waals surface area contributed by atoms with Crippen LogP contribution in [0.15, 0.2) is 30.5 Å². The number of carboxylic acids is 1. The van der Waals surface area contributed by atoms with Crippen LogP contribution in [0.1, 0.15) is 16.1 Å². The maximum atomic E-state index is 10.6. The molecule has 0 saturated heterocycles. The smallest absolute Gasteiger partial charge is 0.358 e. The third-order valence-corrected chi connectivity index (χ3v) is 2.54. The highest BCUT2D eigenvalue weighted by molar-refractivity contribution is 5.84. The van der Waals surface area contributed by atoms with Crippen LogP contribution in [0.2, 0.25) is 0 Å². The Morgan fingerprint density at radius 1 is 1.32 bits per heavy atom. The van der Waals surface area contributed by atoms with E-state index in [2.05, 4.69) is 15.6 Å². The van der Waals surface area contributed by atoms with Crippen LogP contribution in [0.25, 0.3) is 0 Å². The van der Waals surface area contributed by atoms with Crippen molar-refractivity contribution in [2.24, 2.45) is 0 Å². The molecular weight excluding hydrogens is 248 g/mol. The first-order valence-electron chi connectivity index (χ1n) is 5.77. The minimum absolute atomic E-state index is 0.0569. The van der Waals surface area contributed by atoms with E-state index in [1.165, 1.54) is 10.9 Å². The first kappa shape index (κ1) is 13.0. The van der Waals surface area contributed by atoms with Crippen LogP contribution in [0, 0.1) is 0 Å². The van der Waals surface area contributed by atoms with Crippen molar-refractivity contribution in [1.82, 2.24) is 20.3 Å².